The van der Waals surface area contributed by atoms with E-state index in [1.54, 1.807) is 24.3 Å². The molecule has 1 amide bonds. The Kier molecular flexibility index (Phi) is 7.09. The lowest BCUT2D eigenvalue weighted by Gasteiger charge is -2.16. The van der Waals surface area contributed by atoms with Gasteiger partial charge in [0.05, 0.1) is 42.0 Å². The van der Waals surface area contributed by atoms with Crippen LogP contribution in [0.3, 0.4) is 0 Å². The summed E-state index contributed by atoms with van der Waals surface area (Å²) in [6, 6.07) is 12.9. The number of aliphatic hydroxyl groups excluding tert-OH is 1. The van der Waals surface area contributed by atoms with Crippen LogP contribution in [-0.4, -0.2) is 53.6 Å². The summed E-state index contributed by atoms with van der Waals surface area (Å²) in [5.74, 6) is -1.11. The van der Waals surface area contributed by atoms with Crippen molar-refractivity contribution in [2.45, 2.75) is 9.79 Å². The lowest BCUT2D eigenvalue weighted by atomic mass is 10.2. The first-order chi connectivity index (χ1) is 15.4. The molecule has 0 saturated carbocycles. The highest BCUT2D eigenvalue weighted by atomic mass is 32.2. The molecule has 3 rings (SSSR count). The molecule has 0 fully saturated rings. The maximum Gasteiger partial charge on any atom is 0.337 e. The predicted octanol–water partition coefficient (Wildman–Crippen LogP) is 2.29. The first kappa shape index (κ1) is 22.8. The smallest absolute Gasteiger partial charge is 0.337 e. The van der Waals surface area contributed by atoms with Gasteiger partial charge in [-0.15, -0.1) is 0 Å². The standard InChI is InChI=1S/C21H18N4O6S/c1-31-21(28)15-12-24(8-9-26)20(27)19(15)23-16-4-2-3-5-18(16)32-17-7-6-14(25(29)30)10-13(17)11-22/h2-7,10,23,26H,8-9,12H2,1H3. The fourth-order valence-corrected chi connectivity index (χ4v) is 4.03. The summed E-state index contributed by atoms with van der Waals surface area (Å²) >= 11 is 1.19. The van der Waals surface area contributed by atoms with E-state index in [0.717, 1.165) is 0 Å². The van der Waals surface area contributed by atoms with Crippen molar-refractivity contribution < 1.29 is 24.4 Å². The molecule has 10 nitrogen and oxygen atoms in total. The average Bonchev–Trinajstić information content (AvgIpc) is 3.10. The molecule has 0 aliphatic carbocycles. The van der Waals surface area contributed by atoms with Gasteiger partial charge in [0.1, 0.15) is 11.8 Å². The maximum absolute atomic E-state index is 12.8. The summed E-state index contributed by atoms with van der Waals surface area (Å²) in [7, 11) is 1.22. The van der Waals surface area contributed by atoms with Gasteiger partial charge < -0.3 is 20.1 Å². The summed E-state index contributed by atoms with van der Waals surface area (Å²) < 4.78 is 4.79. The number of nitro benzene ring substituents is 1. The Morgan fingerprint density at radius 1 is 1.34 bits per heavy atom. The van der Waals surface area contributed by atoms with E-state index >= 15 is 0 Å². The number of nitrogens with one attached hydrogen (secondary N) is 1. The first-order valence-corrected chi connectivity index (χ1v) is 10.1. The minimum absolute atomic E-state index is 0.00461. The summed E-state index contributed by atoms with van der Waals surface area (Å²) in [4.78, 5) is 37.8. The Morgan fingerprint density at radius 3 is 2.75 bits per heavy atom. The van der Waals surface area contributed by atoms with E-state index in [4.69, 9.17) is 4.74 Å². The van der Waals surface area contributed by atoms with Gasteiger partial charge in [-0.2, -0.15) is 5.26 Å². The van der Waals surface area contributed by atoms with E-state index < -0.39 is 16.8 Å². The Labute approximate surface area is 187 Å². The van der Waals surface area contributed by atoms with Crippen LogP contribution in [0.2, 0.25) is 0 Å². The highest BCUT2D eigenvalue weighted by Crippen LogP contribution is 2.37. The van der Waals surface area contributed by atoms with Crippen LogP contribution in [0.5, 0.6) is 0 Å². The van der Waals surface area contributed by atoms with Gasteiger partial charge >= 0.3 is 5.97 Å². The monoisotopic (exact) mass is 454 g/mol. The van der Waals surface area contributed by atoms with Gasteiger partial charge in [0.2, 0.25) is 0 Å². The zero-order valence-corrected chi connectivity index (χ0v) is 17.7. The van der Waals surface area contributed by atoms with E-state index in [0.29, 0.717) is 15.5 Å². The number of benzene rings is 2. The van der Waals surface area contributed by atoms with E-state index in [1.807, 2.05) is 6.07 Å². The van der Waals surface area contributed by atoms with Crippen molar-refractivity contribution in [2.75, 3.05) is 32.1 Å². The molecule has 0 unspecified atom stereocenters. The minimum atomic E-state index is -0.659. The number of rotatable bonds is 8. The third kappa shape index (κ3) is 4.72. The van der Waals surface area contributed by atoms with Crippen LogP contribution in [0, 0.1) is 21.4 Å². The number of nitrogens with zero attached hydrogens (tertiary/aromatic N) is 3. The fourth-order valence-electron chi connectivity index (χ4n) is 3.07. The van der Waals surface area contributed by atoms with E-state index in [9.17, 15) is 30.1 Å². The number of aliphatic hydroxyl groups is 1. The molecule has 0 aromatic heterocycles. The molecule has 0 atom stereocenters. The summed E-state index contributed by atoms with van der Waals surface area (Å²) in [5.41, 5.74) is 0.627. The SMILES string of the molecule is COC(=O)C1=C(Nc2ccccc2Sc2ccc([N+](=O)[O-])cc2C#N)C(=O)N(CCO)C1. The minimum Gasteiger partial charge on any atom is -0.466 e. The molecule has 0 spiro atoms. The molecular weight excluding hydrogens is 436 g/mol. The normalized spacial score (nSPS) is 13.2. The summed E-state index contributed by atoms with van der Waals surface area (Å²) in [6.45, 7) is -0.184. The lowest BCUT2D eigenvalue weighted by Crippen LogP contribution is -2.31. The van der Waals surface area contributed by atoms with Crippen molar-refractivity contribution >= 4 is 35.0 Å². The molecule has 1 aliphatic rings. The average molecular weight is 454 g/mol. The Bertz CT molecular complexity index is 1160. The van der Waals surface area contributed by atoms with E-state index in [-0.39, 0.29) is 42.2 Å². The van der Waals surface area contributed by atoms with Gasteiger partial charge in [-0.3, -0.25) is 14.9 Å². The van der Waals surface area contributed by atoms with Gasteiger partial charge in [-0.25, -0.2) is 4.79 Å². The highest BCUT2D eigenvalue weighted by Gasteiger charge is 2.34. The molecular formula is C21H18N4O6S. The maximum atomic E-state index is 12.8. The number of non-ortho nitro benzene ring substituents is 1. The molecule has 0 bridgehead atoms. The highest BCUT2D eigenvalue weighted by molar-refractivity contribution is 7.99. The van der Waals surface area contributed by atoms with Crippen LogP contribution < -0.4 is 5.32 Å². The predicted molar refractivity (Wildman–Crippen MR) is 115 cm³/mol. The summed E-state index contributed by atoms with van der Waals surface area (Å²) in [6.07, 6.45) is 0. The summed E-state index contributed by atoms with van der Waals surface area (Å²) in [5, 5.41) is 32.6. The second-order valence-electron chi connectivity index (χ2n) is 6.57. The van der Waals surface area contributed by atoms with Crippen molar-refractivity contribution in [3.8, 4) is 6.07 Å². The van der Waals surface area contributed by atoms with Crippen LogP contribution >= 0.6 is 11.8 Å². The second-order valence-corrected chi connectivity index (χ2v) is 7.65. The Morgan fingerprint density at radius 2 is 2.09 bits per heavy atom. The largest absolute Gasteiger partial charge is 0.466 e. The number of para-hydroxylation sites is 1. The number of carbonyl (C=O) groups excluding carboxylic acids is 2. The van der Waals surface area contributed by atoms with Crippen molar-refractivity contribution in [3.05, 3.63) is 69.4 Å². The molecule has 11 heteroatoms. The molecule has 32 heavy (non-hydrogen) atoms. The number of nitro groups is 1. The number of methoxy groups -OCH3 is 1. The Hall–Kier alpha value is -3.88. The molecule has 2 N–H and O–H groups in total. The molecule has 1 aliphatic heterocycles. The number of ether oxygens (including phenoxy) is 1. The number of β-amino-alcohol motifs (C(OH)–C–C–N with tert-alkyl or cyclic N) is 1. The zero-order valence-electron chi connectivity index (χ0n) is 16.9. The van der Waals surface area contributed by atoms with Crippen molar-refractivity contribution in [3.63, 3.8) is 0 Å². The molecule has 0 saturated heterocycles. The molecule has 2 aromatic carbocycles. The van der Waals surface area contributed by atoms with Gasteiger partial charge in [0, 0.05) is 28.5 Å². The number of hydrogen-bond donors (Lipinski definition) is 2. The van der Waals surface area contributed by atoms with Crippen molar-refractivity contribution in [2.24, 2.45) is 0 Å². The number of esters is 1. The number of carbonyl (C=O) groups is 2. The third-order valence-corrected chi connectivity index (χ3v) is 5.77. The van der Waals surface area contributed by atoms with E-state index in [2.05, 4.69) is 5.32 Å². The quantitative estimate of drug-likeness (QED) is 0.348. The third-order valence-electron chi connectivity index (χ3n) is 4.61. The van der Waals surface area contributed by atoms with Crippen molar-refractivity contribution in [1.29, 1.82) is 5.26 Å². The van der Waals surface area contributed by atoms with Gasteiger partial charge in [0.15, 0.2) is 0 Å². The molecule has 2 aromatic rings. The molecule has 1 heterocycles. The topological polar surface area (TPSA) is 146 Å². The van der Waals surface area contributed by atoms with Gasteiger partial charge in [-0.05, 0) is 18.2 Å². The van der Waals surface area contributed by atoms with Crippen LogP contribution in [-0.2, 0) is 14.3 Å². The van der Waals surface area contributed by atoms with Gasteiger partial charge in [0.25, 0.3) is 11.6 Å². The number of anilines is 1. The van der Waals surface area contributed by atoms with Gasteiger partial charge in [-0.1, -0.05) is 23.9 Å². The number of amides is 1. The zero-order chi connectivity index (χ0) is 23.3. The molecule has 0 radical (unpaired) electrons. The number of nitriles is 1. The van der Waals surface area contributed by atoms with Crippen LogP contribution in [0.4, 0.5) is 11.4 Å². The van der Waals surface area contributed by atoms with Crippen LogP contribution in [0.1, 0.15) is 5.56 Å². The van der Waals surface area contributed by atoms with E-state index in [1.165, 1.54) is 42.0 Å². The van der Waals surface area contributed by atoms with Crippen molar-refractivity contribution in [1.82, 2.24) is 4.90 Å². The molecule has 164 valence electrons. The Balaban J connectivity index is 1.95. The fraction of sp³-hybridized carbons (Fsp3) is 0.190. The van der Waals surface area contributed by atoms with Crippen LogP contribution in [0.15, 0.2) is 63.5 Å². The lowest BCUT2D eigenvalue weighted by molar-refractivity contribution is -0.384. The first-order valence-electron chi connectivity index (χ1n) is 9.33. The number of hydrogen-bond acceptors (Lipinski definition) is 9. The second kappa shape index (κ2) is 9.95. The van der Waals surface area contributed by atoms with Crippen LogP contribution in [0.25, 0.3) is 0 Å².